The fraction of sp³-hybridized carbons (Fsp3) is 0.915. The Morgan fingerprint density at radius 3 is 1.52 bits per heavy atom. The molecule has 0 aromatic rings. The third-order valence-electron chi connectivity index (χ3n) is 12.2. The number of ether oxygens (including phenoxy) is 4. The monoisotopic (exact) mass is 971 g/mol. The van der Waals surface area contributed by atoms with Crippen LogP contribution in [0.5, 0.6) is 0 Å². The van der Waals surface area contributed by atoms with E-state index in [0.29, 0.717) is 12.8 Å². The summed E-state index contributed by atoms with van der Waals surface area (Å²) >= 11 is 0. The first-order valence-corrected chi connectivity index (χ1v) is 26.5. The first-order chi connectivity index (χ1) is 31.7. The highest BCUT2D eigenvalue weighted by Gasteiger charge is 2.55. The topological polar surface area (TPSA) is 289 Å². The summed E-state index contributed by atoms with van der Waals surface area (Å²) in [6, 6.07) is 0. The van der Waals surface area contributed by atoms with Crippen molar-refractivity contribution in [2.75, 3.05) is 19.8 Å². The number of carbonyl (C=O) groups excluding carboxylic acids is 2. The van der Waals surface area contributed by atoms with Crippen LogP contribution >= 0.6 is 7.82 Å². The molecular formula is C47H87O18P. The zero-order valence-corrected chi connectivity index (χ0v) is 40.6. The van der Waals surface area contributed by atoms with Gasteiger partial charge in [0, 0.05) is 12.8 Å². The van der Waals surface area contributed by atoms with Crippen molar-refractivity contribution in [1.82, 2.24) is 0 Å². The van der Waals surface area contributed by atoms with Gasteiger partial charge in [-0.1, -0.05) is 142 Å². The molecule has 1 saturated heterocycles. The predicted octanol–water partition coefficient (Wildman–Crippen LogP) is 5.32. The molecule has 66 heavy (non-hydrogen) atoms. The summed E-state index contributed by atoms with van der Waals surface area (Å²) in [5, 5.41) is 82.9. The number of hydrogen-bond acceptors (Lipinski definition) is 17. The van der Waals surface area contributed by atoms with E-state index in [0.717, 1.165) is 51.4 Å². The van der Waals surface area contributed by atoms with Gasteiger partial charge in [-0.05, 0) is 38.5 Å². The van der Waals surface area contributed by atoms with Crippen molar-refractivity contribution in [1.29, 1.82) is 0 Å². The molecule has 1 aliphatic heterocycles. The molecule has 0 aromatic carbocycles. The molecule has 13 atom stereocenters. The normalized spacial score (nSPS) is 28.3. The number of aliphatic hydroxyl groups is 8. The van der Waals surface area contributed by atoms with Crippen molar-refractivity contribution >= 4 is 19.8 Å². The van der Waals surface area contributed by atoms with Gasteiger partial charge < -0.3 is 64.7 Å². The van der Waals surface area contributed by atoms with Crippen LogP contribution in [0.3, 0.4) is 0 Å². The summed E-state index contributed by atoms with van der Waals surface area (Å²) in [7, 11) is -5.37. The van der Waals surface area contributed by atoms with E-state index in [1.807, 2.05) is 0 Å². The lowest BCUT2D eigenvalue weighted by atomic mass is 9.84. The summed E-state index contributed by atoms with van der Waals surface area (Å²) in [4.78, 5) is 36.5. The van der Waals surface area contributed by atoms with Crippen LogP contribution in [-0.2, 0) is 42.1 Å². The first-order valence-electron chi connectivity index (χ1n) is 25.0. The minimum absolute atomic E-state index is 0.0156. The van der Waals surface area contributed by atoms with Crippen LogP contribution in [0.2, 0.25) is 0 Å². The Kier molecular flexibility index (Phi) is 32.5. The Bertz CT molecular complexity index is 1340. The molecule has 0 bridgehead atoms. The summed E-state index contributed by atoms with van der Waals surface area (Å²) < 4.78 is 45.4. The number of aliphatic hydroxyl groups excluding tert-OH is 8. The van der Waals surface area contributed by atoms with E-state index in [1.165, 1.54) is 89.9 Å². The molecule has 1 aliphatic carbocycles. The van der Waals surface area contributed by atoms with Gasteiger partial charge in [-0.2, -0.15) is 0 Å². The lowest BCUT2D eigenvalue weighted by Crippen LogP contribution is -2.67. The summed E-state index contributed by atoms with van der Waals surface area (Å²) in [5.41, 5.74) is 0. The van der Waals surface area contributed by atoms with E-state index in [-0.39, 0.29) is 12.8 Å². The molecule has 13 unspecified atom stereocenters. The van der Waals surface area contributed by atoms with Crippen molar-refractivity contribution in [3.63, 3.8) is 0 Å². The van der Waals surface area contributed by atoms with Gasteiger partial charge in [0.2, 0.25) is 0 Å². The second-order valence-electron chi connectivity index (χ2n) is 18.0. The molecule has 2 aliphatic rings. The summed E-state index contributed by atoms with van der Waals surface area (Å²) in [6.07, 6.45) is 7.33. The number of phosphoric acid groups is 1. The maximum Gasteiger partial charge on any atom is 0.472 e. The van der Waals surface area contributed by atoms with E-state index in [9.17, 15) is 59.9 Å². The van der Waals surface area contributed by atoms with Gasteiger partial charge in [-0.15, -0.1) is 0 Å². The zero-order valence-electron chi connectivity index (χ0n) is 39.7. The second-order valence-corrected chi connectivity index (χ2v) is 19.4. The smallest absolute Gasteiger partial charge is 0.462 e. The van der Waals surface area contributed by atoms with Gasteiger partial charge in [0.05, 0.1) is 13.2 Å². The molecular weight excluding hydrogens is 883 g/mol. The predicted molar refractivity (Wildman–Crippen MR) is 245 cm³/mol. The molecule has 0 aromatic heterocycles. The molecule has 9 N–H and O–H groups in total. The van der Waals surface area contributed by atoms with Crippen molar-refractivity contribution in [2.45, 2.75) is 254 Å². The molecule has 18 nitrogen and oxygen atoms in total. The quantitative estimate of drug-likeness (QED) is 0.0164. The minimum atomic E-state index is -5.37. The van der Waals surface area contributed by atoms with Crippen LogP contribution in [0.1, 0.15) is 181 Å². The molecule has 0 spiro atoms. The van der Waals surface area contributed by atoms with Gasteiger partial charge in [0.15, 0.2) is 12.4 Å². The molecule has 0 radical (unpaired) electrons. The van der Waals surface area contributed by atoms with Crippen LogP contribution in [0.15, 0.2) is 12.2 Å². The Morgan fingerprint density at radius 2 is 1.00 bits per heavy atom. The Morgan fingerprint density at radius 1 is 0.561 bits per heavy atom. The maximum absolute atomic E-state index is 13.4. The number of rotatable bonds is 38. The number of carbonyl (C=O) groups is 2. The van der Waals surface area contributed by atoms with Crippen molar-refractivity contribution in [3.8, 4) is 0 Å². The summed E-state index contributed by atoms with van der Waals surface area (Å²) in [5.74, 6) is -1.23. The summed E-state index contributed by atoms with van der Waals surface area (Å²) in [6.45, 7) is 2.20. The lowest BCUT2D eigenvalue weighted by Gasteiger charge is -2.47. The maximum atomic E-state index is 13.4. The van der Waals surface area contributed by atoms with Gasteiger partial charge in [0.1, 0.15) is 67.6 Å². The average molecular weight is 971 g/mol. The van der Waals surface area contributed by atoms with Crippen molar-refractivity contribution in [3.05, 3.63) is 12.2 Å². The van der Waals surface area contributed by atoms with Crippen molar-refractivity contribution < 1.29 is 87.9 Å². The molecule has 0 amide bonds. The van der Waals surface area contributed by atoms with Crippen LogP contribution in [0, 0.1) is 0 Å². The lowest BCUT2D eigenvalue weighted by molar-refractivity contribution is -0.338. The van der Waals surface area contributed by atoms with Crippen LogP contribution in [0.4, 0.5) is 0 Å². The number of allylic oxidation sites excluding steroid dienone is 2. The number of unbranched alkanes of at least 4 members (excludes halogenated alkanes) is 21. The Labute approximate surface area is 393 Å². The highest BCUT2D eigenvalue weighted by atomic mass is 31.2. The van der Waals surface area contributed by atoms with E-state index >= 15 is 0 Å². The standard InChI is InChI=1S/C47H87O18P/c1-3-5-7-9-11-13-15-17-18-20-22-24-26-28-30-37(50)62-34(32-60-36(49)29-27-25-23-21-19-16-14-12-10-8-6-4-2)33-61-66(58,59)65-46-43(56)41(54)40(53)42(55)45(46)64-47-44(57)39(52)38(51)35(31-48)63-47/h18,20,34-35,38-48,51-57H,3-17,19,21-33H2,1-2H3,(H,58,59). The minimum Gasteiger partial charge on any atom is -0.462 e. The fourth-order valence-electron chi connectivity index (χ4n) is 8.05. The van der Waals surface area contributed by atoms with Gasteiger partial charge in [-0.3, -0.25) is 18.6 Å². The molecule has 19 heteroatoms. The van der Waals surface area contributed by atoms with Crippen LogP contribution in [-0.4, -0.2) is 151 Å². The number of hydrogen-bond donors (Lipinski definition) is 9. The van der Waals surface area contributed by atoms with Gasteiger partial charge >= 0.3 is 19.8 Å². The fourth-order valence-corrected chi connectivity index (χ4v) is 9.02. The van der Waals surface area contributed by atoms with Crippen LogP contribution < -0.4 is 0 Å². The average Bonchev–Trinajstić information content (AvgIpc) is 3.29. The number of phosphoric ester groups is 1. The van der Waals surface area contributed by atoms with E-state index in [2.05, 4.69) is 26.0 Å². The number of esters is 2. The Balaban J connectivity index is 1.97. The molecule has 1 saturated carbocycles. The first kappa shape index (κ1) is 60.5. The zero-order chi connectivity index (χ0) is 48.7. The molecule has 2 fully saturated rings. The van der Waals surface area contributed by atoms with Crippen molar-refractivity contribution in [2.24, 2.45) is 0 Å². The van der Waals surface area contributed by atoms with Crippen LogP contribution in [0.25, 0.3) is 0 Å². The highest BCUT2D eigenvalue weighted by molar-refractivity contribution is 7.47. The highest BCUT2D eigenvalue weighted by Crippen LogP contribution is 2.48. The van der Waals surface area contributed by atoms with Gasteiger partial charge in [0.25, 0.3) is 0 Å². The largest absolute Gasteiger partial charge is 0.472 e. The van der Waals surface area contributed by atoms with Gasteiger partial charge in [-0.25, -0.2) is 4.57 Å². The SMILES string of the molecule is CCCCCCCCCC=CCCCCCC(=O)OC(COC(=O)CCCCCCCCCCCCCC)COP(=O)(O)OC1C(O)C(O)C(O)C(O)C1OC1OC(CO)C(O)C(O)C1O. The van der Waals surface area contributed by atoms with E-state index in [4.69, 9.17) is 28.0 Å². The molecule has 2 rings (SSSR count). The van der Waals surface area contributed by atoms with E-state index < -0.39 is 113 Å². The Hall–Kier alpha value is -1.61. The molecule has 1 heterocycles. The second kappa shape index (κ2) is 35.5. The third kappa shape index (κ3) is 24.3. The molecule has 388 valence electrons. The third-order valence-corrected chi connectivity index (χ3v) is 13.2. The van der Waals surface area contributed by atoms with E-state index in [1.54, 1.807) is 0 Å².